The van der Waals surface area contributed by atoms with Gasteiger partial charge in [-0.05, 0) is 12.8 Å². The zero-order chi connectivity index (χ0) is 11.5. The van der Waals surface area contributed by atoms with Crippen LogP contribution in [-0.4, -0.2) is 45.8 Å². The van der Waals surface area contributed by atoms with Crippen molar-refractivity contribution in [1.29, 1.82) is 0 Å². The molecule has 0 radical (unpaired) electrons. The number of hydrogen-bond acceptors (Lipinski definition) is 3. The van der Waals surface area contributed by atoms with E-state index < -0.39 is 17.6 Å². The second-order valence-electron chi connectivity index (χ2n) is 4.52. The molecule has 4 nitrogen and oxygen atoms in total. The summed E-state index contributed by atoms with van der Waals surface area (Å²) in [5, 5.41) is 19.0. The van der Waals surface area contributed by atoms with E-state index >= 15 is 0 Å². The molecule has 2 N–H and O–H groups in total. The highest BCUT2D eigenvalue weighted by Crippen LogP contribution is 2.28. The molecule has 88 valence electrons. The summed E-state index contributed by atoms with van der Waals surface area (Å²) in [4.78, 5) is 12.8. The van der Waals surface area contributed by atoms with Crippen LogP contribution in [0.25, 0.3) is 0 Å². The Balaban J connectivity index is 2.44. The molecule has 1 fully saturated rings. The van der Waals surface area contributed by atoms with Crippen molar-refractivity contribution in [3.63, 3.8) is 0 Å². The number of likely N-dealkylation sites (tertiary alicyclic amines) is 1. The Hall–Kier alpha value is -0.610. The third kappa shape index (κ3) is 2.92. The molecule has 1 aliphatic heterocycles. The van der Waals surface area contributed by atoms with Gasteiger partial charge in [-0.1, -0.05) is 26.7 Å². The topological polar surface area (TPSA) is 60.8 Å². The van der Waals surface area contributed by atoms with Gasteiger partial charge in [-0.3, -0.25) is 9.69 Å². The molecule has 1 rings (SSSR count). The van der Waals surface area contributed by atoms with Gasteiger partial charge in [-0.2, -0.15) is 0 Å². The van der Waals surface area contributed by atoms with E-state index in [-0.39, 0.29) is 0 Å². The highest BCUT2D eigenvalue weighted by Gasteiger charge is 2.44. The van der Waals surface area contributed by atoms with Gasteiger partial charge in [-0.15, -0.1) is 0 Å². The van der Waals surface area contributed by atoms with E-state index in [2.05, 4.69) is 0 Å². The third-order valence-electron chi connectivity index (χ3n) is 3.00. The summed E-state index contributed by atoms with van der Waals surface area (Å²) in [6.07, 6.45) is 3.23. The fourth-order valence-corrected chi connectivity index (χ4v) is 2.29. The van der Waals surface area contributed by atoms with Crippen LogP contribution in [0.3, 0.4) is 0 Å². The highest BCUT2D eigenvalue weighted by atomic mass is 16.4. The molecule has 0 amide bonds. The first-order valence-corrected chi connectivity index (χ1v) is 5.71. The van der Waals surface area contributed by atoms with Crippen molar-refractivity contribution in [3.8, 4) is 0 Å². The molecular formula is C11H21NO3. The van der Waals surface area contributed by atoms with Crippen LogP contribution in [0.15, 0.2) is 0 Å². The number of aliphatic hydroxyl groups is 1. The van der Waals surface area contributed by atoms with Crippen molar-refractivity contribution in [1.82, 2.24) is 4.90 Å². The molecule has 0 aromatic heterocycles. The molecule has 1 saturated heterocycles. The Bertz CT molecular complexity index is 224. The van der Waals surface area contributed by atoms with Crippen LogP contribution in [0.1, 0.15) is 39.5 Å². The number of carbonyl (C=O) groups is 1. The van der Waals surface area contributed by atoms with Crippen molar-refractivity contribution >= 4 is 5.97 Å². The van der Waals surface area contributed by atoms with Gasteiger partial charge in [-0.25, -0.2) is 0 Å². The minimum absolute atomic E-state index is 0.410. The lowest BCUT2D eigenvalue weighted by Crippen LogP contribution is -2.65. The quantitative estimate of drug-likeness (QED) is 0.696. The zero-order valence-electron chi connectivity index (χ0n) is 9.57. The molecule has 4 heteroatoms. The average Bonchev–Trinajstić information content (AvgIpc) is 2.10. The predicted octanol–water partition coefficient (Wildman–Crippen LogP) is 1.09. The Kier molecular flexibility index (Phi) is 4.11. The van der Waals surface area contributed by atoms with Crippen molar-refractivity contribution in [3.05, 3.63) is 0 Å². The lowest BCUT2D eigenvalue weighted by molar-refractivity contribution is -0.159. The Morgan fingerprint density at radius 3 is 2.40 bits per heavy atom. The summed E-state index contributed by atoms with van der Waals surface area (Å²) >= 11 is 0. The summed E-state index contributed by atoms with van der Waals surface area (Å²) in [5.74, 6) is -0.768. The summed E-state index contributed by atoms with van der Waals surface area (Å²) < 4.78 is 0. The maximum atomic E-state index is 11.0. The van der Waals surface area contributed by atoms with Crippen LogP contribution >= 0.6 is 0 Å². The van der Waals surface area contributed by atoms with E-state index in [1.165, 1.54) is 0 Å². The second kappa shape index (κ2) is 4.94. The van der Waals surface area contributed by atoms with Crippen molar-refractivity contribution in [2.45, 2.75) is 51.2 Å². The van der Waals surface area contributed by atoms with Crippen molar-refractivity contribution < 1.29 is 15.0 Å². The smallest absolute Gasteiger partial charge is 0.320 e. The number of β-amino-alcohol motifs (C(OH)–C–C–N with tert-alkyl or cyclic N) is 1. The second-order valence-corrected chi connectivity index (χ2v) is 4.52. The van der Waals surface area contributed by atoms with Gasteiger partial charge in [0.2, 0.25) is 0 Å². The molecule has 1 heterocycles. The largest absolute Gasteiger partial charge is 0.480 e. The number of nitrogens with zero attached hydrogens (tertiary/aromatic N) is 1. The first kappa shape index (κ1) is 12.5. The number of rotatable bonds is 6. The standard InChI is InChI=1S/C11H21NO3/c1-3-5-9(10(13)14)12-7-11(15,8-12)6-4-2/h9,15H,3-8H2,1-2H3,(H,13,14). The zero-order valence-corrected chi connectivity index (χ0v) is 9.57. The van der Waals surface area contributed by atoms with Crippen LogP contribution in [0.4, 0.5) is 0 Å². The SMILES string of the molecule is CCCC(C(=O)O)N1CC(O)(CCC)C1. The molecule has 1 aliphatic rings. The molecule has 0 aromatic carbocycles. The van der Waals surface area contributed by atoms with Crippen LogP contribution in [0, 0.1) is 0 Å². The molecule has 0 saturated carbocycles. The van der Waals surface area contributed by atoms with Crippen LogP contribution in [0.2, 0.25) is 0 Å². The Morgan fingerprint density at radius 1 is 1.40 bits per heavy atom. The van der Waals surface area contributed by atoms with Crippen molar-refractivity contribution in [2.75, 3.05) is 13.1 Å². The molecule has 0 spiro atoms. The minimum atomic E-state index is -0.768. The lowest BCUT2D eigenvalue weighted by Gasteiger charge is -2.49. The fraction of sp³-hybridized carbons (Fsp3) is 0.909. The predicted molar refractivity (Wildman–Crippen MR) is 57.8 cm³/mol. The van der Waals surface area contributed by atoms with Gasteiger partial charge in [0.25, 0.3) is 0 Å². The van der Waals surface area contributed by atoms with Gasteiger partial charge in [0.05, 0.1) is 5.60 Å². The molecule has 0 aromatic rings. The molecule has 1 atom stereocenters. The van der Waals surface area contributed by atoms with E-state index in [4.69, 9.17) is 5.11 Å². The summed E-state index contributed by atoms with van der Waals surface area (Å²) in [6.45, 7) is 5.03. The summed E-state index contributed by atoms with van der Waals surface area (Å²) in [6, 6.07) is -0.410. The van der Waals surface area contributed by atoms with Crippen LogP contribution in [0.5, 0.6) is 0 Å². The first-order valence-electron chi connectivity index (χ1n) is 5.71. The number of hydrogen-bond donors (Lipinski definition) is 2. The van der Waals surface area contributed by atoms with E-state index in [1.807, 2.05) is 18.7 Å². The van der Waals surface area contributed by atoms with Gasteiger partial charge >= 0.3 is 5.97 Å². The highest BCUT2D eigenvalue weighted by molar-refractivity contribution is 5.73. The van der Waals surface area contributed by atoms with Gasteiger partial charge < -0.3 is 10.2 Å². The fourth-order valence-electron chi connectivity index (χ4n) is 2.29. The maximum Gasteiger partial charge on any atom is 0.320 e. The Morgan fingerprint density at radius 2 is 2.00 bits per heavy atom. The summed E-state index contributed by atoms with van der Waals surface area (Å²) in [7, 11) is 0. The van der Waals surface area contributed by atoms with E-state index in [1.54, 1.807) is 0 Å². The van der Waals surface area contributed by atoms with E-state index in [0.717, 1.165) is 19.3 Å². The third-order valence-corrected chi connectivity index (χ3v) is 3.00. The van der Waals surface area contributed by atoms with Gasteiger partial charge in [0.15, 0.2) is 0 Å². The molecule has 15 heavy (non-hydrogen) atoms. The molecule has 0 bridgehead atoms. The minimum Gasteiger partial charge on any atom is -0.480 e. The van der Waals surface area contributed by atoms with E-state index in [0.29, 0.717) is 19.5 Å². The van der Waals surface area contributed by atoms with Gasteiger partial charge in [0.1, 0.15) is 6.04 Å². The van der Waals surface area contributed by atoms with E-state index in [9.17, 15) is 9.90 Å². The maximum absolute atomic E-state index is 11.0. The normalized spacial score (nSPS) is 22.1. The lowest BCUT2D eigenvalue weighted by atomic mass is 9.87. The molecule has 0 aliphatic carbocycles. The van der Waals surface area contributed by atoms with Gasteiger partial charge in [0, 0.05) is 13.1 Å². The van der Waals surface area contributed by atoms with Crippen LogP contribution < -0.4 is 0 Å². The van der Waals surface area contributed by atoms with Crippen LogP contribution in [-0.2, 0) is 4.79 Å². The number of carboxylic acids is 1. The number of aliphatic carboxylic acids is 1. The van der Waals surface area contributed by atoms with Crippen molar-refractivity contribution in [2.24, 2.45) is 0 Å². The molecular weight excluding hydrogens is 194 g/mol. The Labute approximate surface area is 90.9 Å². The molecule has 1 unspecified atom stereocenters. The summed E-state index contributed by atoms with van der Waals surface area (Å²) in [5.41, 5.74) is -0.629. The first-order chi connectivity index (χ1) is 7.02. The monoisotopic (exact) mass is 215 g/mol. The average molecular weight is 215 g/mol. The number of carboxylic acid groups (broad SMARTS) is 1.